The molecule has 2 aromatic carbocycles. The molecule has 0 unspecified atom stereocenters. The predicted molar refractivity (Wildman–Crippen MR) is 108 cm³/mol. The first kappa shape index (κ1) is 22.5. The smallest absolute Gasteiger partial charge is 0.343 e. The van der Waals surface area contributed by atoms with Crippen LogP contribution in [0.2, 0.25) is 10.0 Å². The Kier molecular flexibility index (Phi) is 6.97. The molecule has 160 valence electrons. The Labute approximate surface area is 183 Å². The Morgan fingerprint density at radius 1 is 1.00 bits per heavy atom. The van der Waals surface area contributed by atoms with Crippen molar-refractivity contribution in [2.45, 2.75) is 4.90 Å². The number of carbonyl (C=O) groups excluding carboxylic acids is 2. The lowest BCUT2D eigenvalue weighted by atomic mass is 10.2. The number of esters is 1. The van der Waals surface area contributed by atoms with Crippen molar-refractivity contribution in [1.29, 1.82) is 0 Å². The second kappa shape index (κ2) is 9.30. The van der Waals surface area contributed by atoms with Gasteiger partial charge in [0.1, 0.15) is 11.4 Å². The van der Waals surface area contributed by atoms with E-state index in [1.54, 1.807) is 0 Å². The predicted octanol–water partition coefficient (Wildman–Crippen LogP) is 2.82. The number of amides is 1. The number of carbonyl (C=O) groups is 2. The lowest BCUT2D eigenvalue weighted by Gasteiger charge is -2.33. The first-order chi connectivity index (χ1) is 14.2. The van der Waals surface area contributed by atoms with E-state index in [0.717, 1.165) is 6.07 Å². The van der Waals surface area contributed by atoms with Crippen LogP contribution in [-0.2, 0) is 19.6 Å². The third-order valence-corrected chi connectivity index (χ3v) is 7.02. The highest BCUT2D eigenvalue weighted by Crippen LogP contribution is 2.21. The Morgan fingerprint density at radius 3 is 2.23 bits per heavy atom. The fourth-order valence-electron chi connectivity index (χ4n) is 2.92. The Morgan fingerprint density at radius 2 is 1.63 bits per heavy atom. The molecule has 7 nitrogen and oxygen atoms in total. The summed E-state index contributed by atoms with van der Waals surface area (Å²) in [7, 11) is -3.70. The lowest BCUT2D eigenvalue weighted by molar-refractivity contribution is -0.135. The van der Waals surface area contributed by atoms with E-state index in [2.05, 4.69) is 0 Å². The van der Waals surface area contributed by atoms with Crippen molar-refractivity contribution in [3.63, 3.8) is 0 Å². The maximum Gasteiger partial charge on any atom is 0.343 e. The van der Waals surface area contributed by atoms with Crippen molar-refractivity contribution in [1.82, 2.24) is 9.21 Å². The zero-order valence-corrected chi connectivity index (χ0v) is 17.9. The van der Waals surface area contributed by atoms with Gasteiger partial charge < -0.3 is 9.64 Å². The molecule has 0 saturated carbocycles. The molecule has 0 N–H and O–H groups in total. The van der Waals surface area contributed by atoms with Crippen LogP contribution in [0.15, 0.2) is 47.4 Å². The van der Waals surface area contributed by atoms with Gasteiger partial charge in [0.05, 0.1) is 9.92 Å². The third-order valence-electron chi connectivity index (χ3n) is 4.54. The third kappa shape index (κ3) is 4.92. The molecule has 1 saturated heterocycles. The highest BCUT2D eigenvalue weighted by atomic mass is 35.5. The molecule has 3 rings (SSSR count). The number of nitrogens with zero attached hydrogens (tertiary/aromatic N) is 2. The minimum absolute atomic E-state index is 0.0871. The van der Waals surface area contributed by atoms with Crippen molar-refractivity contribution in [2.75, 3.05) is 32.8 Å². The number of hydrogen-bond acceptors (Lipinski definition) is 5. The van der Waals surface area contributed by atoms with Crippen molar-refractivity contribution in [3.05, 3.63) is 63.9 Å². The van der Waals surface area contributed by atoms with Gasteiger partial charge in [-0.2, -0.15) is 4.31 Å². The minimum atomic E-state index is -3.70. The molecule has 1 amide bonds. The molecular formula is C19H17Cl2FN2O5S. The van der Waals surface area contributed by atoms with Crippen LogP contribution in [0.4, 0.5) is 4.39 Å². The molecule has 1 fully saturated rings. The first-order valence-electron chi connectivity index (χ1n) is 8.85. The van der Waals surface area contributed by atoms with Crippen LogP contribution in [0, 0.1) is 5.82 Å². The number of sulfonamides is 1. The molecule has 11 heteroatoms. The molecule has 30 heavy (non-hydrogen) atoms. The van der Waals surface area contributed by atoms with Crippen molar-refractivity contribution in [2.24, 2.45) is 0 Å². The topological polar surface area (TPSA) is 84.0 Å². The summed E-state index contributed by atoms with van der Waals surface area (Å²) in [6, 6.07) is 9.56. The Balaban J connectivity index is 1.55. The fraction of sp³-hybridized carbons (Fsp3) is 0.263. The van der Waals surface area contributed by atoms with Crippen molar-refractivity contribution in [3.8, 4) is 0 Å². The van der Waals surface area contributed by atoms with Crippen LogP contribution in [0.25, 0.3) is 0 Å². The number of halogens is 3. The van der Waals surface area contributed by atoms with Crippen molar-refractivity contribution >= 4 is 45.1 Å². The normalized spacial score (nSPS) is 15.1. The highest BCUT2D eigenvalue weighted by Gasteiger charge is 2.30. The maximum absolute atomic E-state index is 13.7. The summed E-state index contributed by atoms with van der Waals surface area (Å²) in [6.07, 6.45) is 0. The fourth-order valence-corrected chi connectivity index (χ4v) is 4.71. The molecular weight excluding hydrogens is 458 g/mol. The second-order valence-electron chi connectivity index (χ2n) is 6.41. The number of benzene rings is 2. The molecule has 1 aliphatic heterocycles. The average molecular weight is 475 g/mol. The van der Waals surface area contributed by atoms with Gasteiger partial charge in [0.2, 0.25) is 10.0 Å². The van der Waals surface area contributed by atoms with Gasteiger partial charge in [0.15, 0.2) is 6.61 Å². The second-order valence-corrected chi connectivity index (χ2v) is 9.19. The zero-order chi connectivity index (χ0) is 21.9. The Hall–Kier alpha value is -2.20. The van der Waals surface area contributed by atoms with Crippen LogP contribution in [0.1, 0.15) is 10.4 Å². The van der Waals surface area contributed by atoms with Crippen LogP contribution < -0.4 is 0 Å². The van der Waals surface area contributed by atoms with Crippen molar-refractivity contribution < 1.29 is 27.1 Å². The van der Waals surface area contributed by atoms with E-state index in [4.69, 9.17) is 27.9 Å². The molecule has 1 heterocycles. The van der Waals surface area contributed by atoms with Crippen LogP contribution in [-0.4, -0.2) is 62.3 Å². The Bertz CT molecular complexity index is 1030. The van der Waals surface area contributed by atoms with Gasteiger partial charge in [-0.1, -0.05) is 29.3 Å². The summed E-state index contributed by atoms with van der Waals surface area (Å²) < 4.78 is 45.2. The molecule has 0 spiro atoms. The van der Waals surface area contributed by atoms with Crippen LogP contribution >= 0.6 is 23.2 Å². The molecule has 0 aromatic heterocycles. The van der Waals surface area contributed by atoms with E-state index in [1.165, 1.54) is 45.6 Å². The molecule has 1 aliphatic rings. The largest absolute Gasteiger partial charge is 0.452 e. The van der Waals surface area contributed by atoms with Gasteiger partial charge in [-0.25, -0.2) is 17.6 Å². The number of rotatable bonds is 5. The van der Waals surface area contributed by atoms with Gasteiger partial charge in [0.25, 0.3) is 5.91 Å². The monoisotopic (exact) mass is 474 g/mol. The van der Waals surface area contributed by atoms with Gasteiger partial charge in [-0.15, -0.1) is 0 Å². The number of piperazine rings is 1. The van der Waals surface area contributed by atoms with E-state index in [9.17, 15) is 22.4 Å². The molecule has 0 radical (unpaired) electrons. The van der Waals surface area contributed by atoms with Gasteiger partial charge in [-0.05, 0) is 36.4 Å². The number of ether oxygens (including phenoxy) is 1. The summed E-state index contributed by atoms with van der Waals surface area (Å²) in [5.74, 6) is -2.41. The summed E-state index contributed by atoms with van der Waals surface area (Å²) >= 11 is 11.6. The molecule has 0 atom stereocenters. The van der Waals surface area contributed by atoms with E-state index in [0.29, 0.717) is 5.02 Å². The standard InChI is InChI=1S/C19H17Cl2FN2O5S/c20-13-4-6-14(7-5-13)30(27,28)24-10-8-23(9-11-24)17(25)12-29-19(26)18-15(21)2-1-3-16(18)22/h1-7H,8-12H2. The van der Waals surface area contributed by atoms with Crippen LogP contribution in [0.3, 0.4) is 0 Å². The van der Waals surface area contributed by atoms with E-state index in [-0.39, 0.29) is 36.1 Å². The van der Waals surface area contributed by atoms with E-state index >= 15 is 0 Å². The van der Waals surface area contributed by atoms with Gasteiger partial charge in [-0.3, -0.25) is 4.79 Å². The van der Waals surface area contributed by atoms with Crippen LogP contribution in [0.5, 0.6) is 0 Å². The maximum atomic E-state index is 13.7. The molecule has 2 aromatic rings. The van der Waals surface area contributed by atoms with Gasteiger partial charge >= 0.3 is 5.97 Å². The highest BCUT2D eigenvalue weighted by molar-refractivity contribution is 7.89. The first-order valence-corrected chi connectivity index (χ1v) is 11.0. The average Bonchev–Trinajstić information content (AvgIpc) is 2.72. The van der Waals surface area contributed by atoms with E-state index in [1.807, 2.05) is 0 Å². The lowest BCUT2D eigenvalue weighted by Crippen LogP contribution is -2.51. The quantitative estimate of drug-likeness (QED) is 0.622. The summed E-state index contributed by atoms with van der Waals surface area (Å²) in [5, 5.41) is 0.309. The number of hydrogen-bond donors (Lipinski definition) is 0. The molecule has 0 bridgehead atoms. The summed E-state index contributed by atoms with van der Waals surface area (Å²) in [5.41, 5.74) is -0.439. The van der Waals surface area contributed by atoms with E-state index < -0.39 is 39.9 Å². The van der Waals surface area contributed by atoms with Gasteiger partial charge in [0, 0.05) is 31.2 Å². The minimum Gasteiger partial charge on any atom is -0.452 e. The summed E-state index contributed by atoms with van der Waals surface area (Å²) in [4.78, 5) is 25.8. The molecule has 0 aliphatic carbocycles. The SMILES string of the molecule is O=C(OCC(=O)N1CCN(S(=O)(=O)c2ccc(Cl)cc2)CC1)c1c(F)cccc1Cl. The zero-order valence-electron chi connectivity index (χ0n) is 15.6. The summed E-state index contributed by atoms with van der Waals surface area (Å²) in [6.45, 7) is -0.172.